The molecule has 0 aliphatic rings. The summed E-state index contributed by atoms with van der Waals surface area (Å²) >= 11 is 7.42. The maximum atomic E-state index is 12.4. The lowest BCUT2D eigenvalue weighted by Crippen LogP contribution is -2.15. The monoisotopic (exact) mass is 446 g/mol. The Morgan fingerprint density at radius 1 is 0.897 bits per heavy atom. The molecule has 0 aliphatic carbocycles. The number of carbonyl (C=O) groups excluding carboxylic acids is 1. The van der Waals surface area contributed by atoms with Gasteiger partial charge in [0.05, 0.1) is 10.6 Å². The van der Waals surface area contributed by atoms with Crippen LogP contribution in [0.5, 0.6) is 0 Å². The first-order valence-corrected chi connectivity index (χ1v) is 11.7. The third kappa shape index (κ3) is 6.52. The van der Waals surface area contributed by atoms with E-state index in [0.29, 0.717) is 22.2 Å². The molecule has 5 nitrogen and oxygen atoms in total. The van der Waals surface area contributed by atoms with E-state index in [2.05, 4.69) is 10.0 Å². The minimum atomic E-state index is -3.68. The first-order valence-electron chi connectivity index (χ1n) is 8.72. The smallest absolute Gasteiger partial charge is 0.261 e. The Morgan fingerprint density at radius 2 is 1.62 bits per heavy atom. The molecule has 2 N–H and O–H groups in total. The predicted molar refractivity (Wildman–Crippen MR) is 120 cm³/mol. The molecule has 0 saturated heterocycles. The van der Waals surface area contributed by atoms with E-state index in [1.54, 1.807) is 36.4 Å². The highest BCUT2D eigenvalue weighted by Crippen LogP contribution is 2.19. The maximum Gasteiger partial charge on any atom is 0.261 e. The SMILES string of the molecule is O=C(CSCc1cccc(Cl)c1)Nc1ccc(S(=O)(=O)Nc2ccccc2)cc1. The molecule has 1 amide bonds. The van der Waals surface area contributed by atoms with Gasteiger partial charge in [0, 0.05) is 22.2 Å². The van der Waals surface area contributed by atoms with Crippen molar-refractivity contribution in [3.8, 4) is 0 Å². The van der Waals surface area contributed by atoms with Gasteiger partial charge in [0.2, 0.25) is 5.91 Å². The van der Waals surface area contributed by atoms with Crippen LogP contribution in [0, 0.1) is 0 Å². The molecule has 0 aliphatic heterocycles. The van der Waals surface area contributed by atoms with Crippen LogP contribution < -0.4 is 10.0 Å². The molecule has 3 aromatic rings. The highest BCUT2D eigenvalue weighted by molar-refractivity contribution is 7.99. The molecule has 0 spiro atoms. The van der Waals surface area contributed by atoms with Gasteiger partial charge in [-0.2, -0.15) is 0 Å². The number of halogens is 1. The zero-order chi connectivity index (χ0) is 20.7. The Hall–Kier alpha value is -2.48. The van der Waals surface area contributed by atoms with Gasteiger partial charge in [0.15, 0.2) is 0 Å². The third-order valence-electron chi connectivity index (χ3n) is 3.87. The first-order chi connectivity index (χ1) is 13.9. The molecular weight excluding hydrogens is 428 g/mol. The van der Waals surface area contributed by atoms with E-state index >= 15 is 0 Å². The number of hydrogen-bond acceptors (Lipinski definition) is 4. The van der Waals surface area contributed by atoms with E-state index < -0.39 is 10.0 Å². The van der Waals surface area contributed by atoms with E-state index in [0.717, 1.165) is 5.56 Å². The molecule has 3 aromatic carbocycles. The number of para-hydroxylation sites is 1. The number of amides is 1. The van der Waals surface area contributed by atoms with Crippen LogP contribution >= 0.6 is 23.4 Å². The second kappa shape index (κ2) is 9.82. The molecule has 0 atom stereocenters. The normalized spacial score (nSPS) is 11.1. The van der Waals surface area contributed by atoms with Crippen LogP contribution in [0.2, 0.25) is 5.02 Å². The maximum absolute atomic E-state index is 12.4. The van der Waals surface area contributed by atoms with Gasteiger partial charge in [0.1, 0.15) is 0 Å². The average Bonchev–Trinajstić information content (AvgIpc) is 2.69. The molecular formula is C21H19ClN2O3S2. The predicted octanol–water partition coefficient (Wildman–Crippen LogP) is 5.01. The number of benzene rings is 3. The number of anilines is 2. The molecule has 0 radical (unpaired) electrons. The van der Waals surface area contributed by atoms with E-state index in [4.69, 9.17) is 11.6 Å². The lowest BCUT2D eigenvalue weighted by Gasteiger charge is -2.09. The summed E-state index contributed by atoms with van der Waals surface area (Å²) in [6.45, 7) is 0. The summed E-state index contributed by atoms with van der Waals surface area (Å²) in [5, 5.41) is 3.44. The van der Waals surface area contributed by atoms with E-state index in [1.807, 2.05) is 30.3 Å². The van der Waals surface area contributed by atoms with Gasteiger partial charge >= 0.3 is 0 Å². The second-order valence-corrected chi connectivity index (χ2v) is 9.27. The standard InChI is InChI=1S/C21H19ClN2O3S2/c22-17-6-4-5-16(13-17)14-28-15-21(25)23-18-9-11-20(12-10-18)29(26,27)24-19-7-2-1-3-8-19/h1-13,24H,14-15H2,(H,23,25). The zero-order valence-corrected chi connectivity index (χ0v) is 17.7. The van der Waals surface area contributed by atoms with Gasteiger partial charge in [-0.25, -0.2) is 8.42 Å². The number of rotatable bonds is 8. The van der Waals surface area contributed by atoms with E-state index in [1.165, 1.54) is 23.9 Å². The number of thioether (sulfide) groups is 1. The summed E-state index contributed by atoms with van der Waals surface area (Å²) in [5.74, 6) is 0.799. The fourth-order valence-corrected chi connectivity index (χ4v) is 4.57. The van der Waals surface area contributed by atoms with E-state index in [-0.39, 0.29) is 16.6 Å². The van der Waals surface area contributed by atoms with Gasteiger partial charge < -0.3 is 5.32 Å². The van der Waals surface area contributed by atoms with Gasteiger partial charge in [-0.15, -0.1) is 11.8 Å². The Bertz CT molecular complexity index is 1070. The molecule has 0 fully saturated rings. The Kier molecular flexibility index (Phi) is 7.19. The van der Waals surface area contributed by atoms with Gasteiger partial charge in [-0.1, -0.05) is 41.9 Å². The summed E-state index contributed by atoms with van der Waals surface area (Å²) in [4.78, 5) is 12.2. The molecule has 0 heterocycles. The zero-order valence-electron chi connectivity index (χ0n) is 15.3. The topological polar surface area (TPSA) is 75.3 Å². The molecule has 0 bridgehead atoms. The van der Waals surface area contributed by atoms with Crippen molar-refractivity contribution in [3.63, 3.8) is 0 Å². The number of carbonyl (C=O) groups is 1. The summed E-state index contributed by atoms with van der Waals surface area (Å²) in [6, 6.07) is 22.2. The number of hydrogen-bond donors (Lipinski definition) is 2. The van der Waals surface area contributed by atoms with Crippen molar-refractivity contribution in [3.05, 3.63) is 89.4 Å². The summed E-state index contributed by atoms with van der Waals surface area (Å²) in [7, 11) is -3.68. The first kappa shape index (κ1) is 21.2. The Labute approximate surface area is 179 Å². The van der Waals surface area contributed by atoms with Crippen LogP contribution in [0.1, 0.15) is 5.56 Å². The average molecular weight is 447 g/mol. The van der Waals surface area contributed by atoms with Crippen molar-refractivity contribution < 1.29 is 13.2 Å². The van der Waals surface area contributed by atoms with Crippen LogP contribution in [-0.4, -0.2) is 20.1 Å². The number of nitrogens with one attached hydrogen (secondary N) is 2. The largest absolute Gasteiger partial charge is 0.325 e. The molecule has 0 aromatic heterocycles. The lowest BCUT2D eigenvalue weighted by molar-refractivity contribution is -0.113. The van der Waals surface area contributed by atoms with Gasteiger partial charge in [-0.05, 0) is 54.1 Å². The van der Waals surface area contributed by atoms with Crippen molar-refractivity contribution in [2.75, 3.05) is 15.8 Å². The van der Waals surface area contributed by atoms with E-state index in [9.17, 15) is 13.2 Å². The second-order valence-electron chi connectivity index (χ2n) is 6.17. The van der Waals surface area contributed by atoms with Crippen molar-refractivity contribution >= 4 is 50.7 Å². The highest BCUT2D eigenvalue weighted by atomic mass is 35.5. The lowest BCUT2D eigenvalue weighted by atomic mass is 10.2. The minimum absolute atomic E-state index is 0.120. The summed E-state index contributed by atoms with van der Waals surface area (Å²) in [6.07, 6.45) is 0. The molecule has 150 valence electrons. The van der Waals surface area contributed by atoms with Gasteiger partial charge in [-0.3, -0.25) is 9.52 Å². The number of sulfonamides is 1. The Balaban J connectivity index is 1.52. The minimum Gasteiger partial charge on any atom is -0.325 e. The highest BCUT2D eigenvalue weighted by Gasteiger charge is 2.14. The Morgan fingerprint density at radius 3 is 2.31 bits per heavy atom. The van der Waals surface area contributed by atoms with Crippen LogP contribution in [0.25, 0.3) is 0 Å². The van der Waals surface area contributed by atoms with Gasteiger partial charge in [0.25, 0.3) is 10.0 Å². The molecule has 29 heavy (non-hydrogen) atoms. The third-order valence-corrected chi connectivity index (χ3v) is 6.50. The molecule has 8 heteroatoms. The van der Waals surface area contributed by atoms with Crippen molar-refractivity contribution in [2.24, 2.45) is 0 Å². The van der Waals surface area contributed by atoms with Crippen LogP contribution in [0.4, 0.5) is 11.4 Å². The van der Waals surface area contributed by atoms with Crippen LogP contribution in [0.3, 0.4) is 0 Å². The quantitative estimate of drug-likeness (QED) is 0.509. The van der Waals surface area contributed by atoms with Crippen molar-refractivity contribution in [2.45, 2.75) is 10.6 Å². The fourth-order valence-electron chi connectivity index (χ4n) is 2.52. The molecule has 3 rings (SSSR count). The van der Waals surface area contributed by atoms with Crippen molar-refractivity contribution in [1.29, 1.82) is 0 Å². The summed E-state index contributed by atoms with van der Waals surface area (Å²) < 4.78 is 27.4. The molecule has 0 saturated carbocycles. The van der Waals surface area contributed by atoms with Crippen LogP contribution in [-0.2, 0) is 20.6 Å². The fraction of sp³-hybridized carbons (Fsp3) is 0.0952. The molecule has 0 unspecified atom stereocenters. The van der Waals surface area contributed by atoms with Crippen LogP contribution in [0.15, 0.2) is 83.8 Å². The van der Waals surface area contributed by atoms with Crippen molar-refractivity contribution in [1.82, 2.24) is 0 Å². The summed E-state index contributed by atoms with van der Waals surface area (Å²) in [5.41, 5.74) is 2.08.